The standard InChI is InChI=1S/C18H17FN4O2/c19-14-6-4-13(5-7-14)17-23-16(12-25-17)8-10-21-18(24)22-11-15-3-1-2-9-20-15/h1-7,9,12H,8,10-11H2,(H2,21,22,24). The predicted molar refractivity (Wildman–Crippen MR) is 90.1 cm³/mol. The lowest BCUT2D eigenvalue weighted by Crippen LogP contribution is -2.36. The van der Waals surface area contributed by atoms with Crippen molar-refractivity contribution in [3.63, 3.8) is 0 Å². The molecule has 0 saturated heterocycles. The van der Waals surface area contributed by atoms with Gasteiger partial charge in [-0.3, -0.25) is 4.98 Å². The molecule has 6 nitrogen and oxygen atoms in total. The van der Waals surface area contributed by atoms with Gasteiger partial charge < -0.3 is 15.1 Å². The van der Waals surface area contributed by atoms with Crippen molar-refractivity contribution >= 4 is 6.03 Å². The number of oxazole rings is 1. The van der Waals surface area contributed by atoms with Crippen molar-refractivity contribution in [2.75, 3.05) is 6.54 Å². The Morgan fingerprint density at radius 3 is 2.68 bits per heavy atom. The highest BCUT2D eigenvalue weighted by Gasteiger charge is 2.07. The van der Waals surface area contributed by atoms with Crippen LogP contribution in [0.1, 0.15) is 11.4 Å². The third kappa shape index (κ3) is 4.87. The normalized spacial score (nSPS) is 10.4. The van der Waals surface area contributed by atoms with Crippen molar-refractivity contribution in [2.45, 2.75) is 13.0 Å². The highest BCUT2D eigenvalue weighted by molar-refractivity contribution is 5.73. The zero-order valence-corrected chi connectivity index (χ0v) is 13.4. The average molecular weight is 340 g/mol. The van der Waals surface area contributed by atoms with E-state index in [9.17, 15) is 9.18 Å². The van der Waals surface area contributed by atoms with E-state index in [1.54, 1.807) is 18.3 Å². The number of benzene rings is 1. The number of rotatable bonds is 6. The maximum Gasteiger partial charge on any atom is 0.315 e. The molecule has 1 aromatic carbocycles. The van der Waals surface area contributed by atoms with Crippen LogP contribution in [0.2, 0.25) is 0 Å². The summed E-state index contributed by atoms with van der Waals surface area (Å²) in [5, 5.41) is 5.48. The van der Waals surface area contributed by atoms with Crippen LogP contribution in [0.15, 0.2) is 59.3 Å². The van der Waals surface area contributed by atoms with Crippen LogP contribution in [0.3, 0.4) is 0 Å². The third-order valence-corrected chi connectivity index (χ3v) is 3.47. The summed E-state index contributed by atoms with van der Waals surface area (Å²) in [6.45, 7) is 0.786. The van der Waals surface area contributed by atoms with E-state index in [4.69, 9.17) is 4.42 Å². The van der Waals surface area contributed by atoms with Gasteiger partial charge in [0.15, 0.2) is 0 Å². The van der Waals surface area contributed by atoms with Crippen LogP contribution in [-0.2, 0) is 13.0 Å². The lowest BCUT2D eigenvalue weighted by molar-refractivity contribution is 0.240. The van der Waals surface area contributed by atoms with Crippen LogP contribution in [0.4, 0.5) is 9.18 Å². The summed E-state index contributed by atoms with van der Waals surface area (Å²) in [6.07, 6.45) is 3.74. The van der Waals surface area contributed by atoms with E-state index in [0.29, 0.717) is 36.7 Å². The number of nitrogens with zero attached hydrogens (tertiary/aromatic N) is 2. The van der Waals surface area contributed by atoms with Crippen molar-refractivity contribution in [1.29, 1.82) is 0 Å². The number of halogens is 1. The van der Waals surface area contributed by atoms with Gasteiger partial charge in [0.1, 0.15) is 12.1 Å². The second kappa shape index (κ2) is 8.05. The third-order valence-electron chi connectivity index (χ3n) is 3.47. The topological polar surface area (TPSA) is 80.0 Å². The molecular weight excluding hydrogens is 323 g/mol. The van der Waals surface area contributed by atoms with Crippen LogP contribution in [0.5, 0.6) is 0 Å². The first-order valence-corrected chi connectivity index (χ1v) is 7.82. The molecule has 2 amide bonds. The second-order valence-electron chi connectivity index (χ2n) is 5.33. The summed E-state index contributed by atoms with van der Waals surface area (Å²) in [6, 6.07) is 11.2. The van der Waals surface area contributed by atoms with Gasteiger partial charge in [0.25, 0.3) is 0 Å². The zero-order chi connectivity index (χ0) is 17.5. The van der Waals surface area contributed by atoms with E-state index in [2.05, 4.69) is 20.6 Å². The van der Waals surface area contributed by atoms with Crippen LogP contribution >= 0.6 is 0 Å². The molecule has 3 aromatic rings. The largest absolute Gasteiger partial charge is 0.444 e. The number of hydrogen-bond donors (Lipinski definition) is 2. The number of hydrogen-bond acceptors (Lipinski definition) is 4. The molecule has 2 N–H and O–H groups in total. The van der Waals surface area contributed by atoms with Gasteiger partial charge in [0.05, 0.1) is 17.9 Å². The molecule has 2 aromatic heterocycles. The molecule has 0 atom stereocenters. The number of pyridine rings is 1. The number of amides is 2. The number of carbonyl (C=O) groups is 1. The minimum atomic E-state index is -0.309. The summed E-state index contributed by atoms with van der Waals surface area (Å²) in [5.41, 5.74) is 2.20. The van der Waals surface area contributed by atoms with Crippen molar-refractivity contribution in [2.24, 2.45) is 0 Å². The van der Waals surface area contributed by atoms with Crippen LogP contribution in [0.25, 0.3) is 11.5 Å². The maximum absolute atomic E-state index is 12.9. The fourth-order valence-electron chi connectivity index (χ4n) is 2.19. The Bertz CT molecular complexity index is 819. The highest BCUT2D eigenvalue weighted by Crippen LogP contribution is 2.18. The number of aromatic nitrogens is 2. The molecule has 0 aliphatic carbocycles. The SMILES string of the molecule is O=C(NCCc1coc(-c2ccc(F)cc2)n1)NCc1ccccn1. The van der Waals surface area contributed by atoms with Crippen LogP contribution in [-0.4, -0.2) is 22.5 Å². The minimum absolute atomic E-state index is 0.270. The molecule has 0 aliphatic rings. The fraction of sp³-hybridized carbons (Fsp3) is 0.167. The molecule has 7 heteroatoms. The lowest BCUT2D eigenvalue weighted by atomic mass is 10.2. The predicted octanol–water partition coefficient (Wildman–Crippen LogP) is 2.92. The van der Waals surface area contributed by atoms with E-state index < -0.39 is 0 Å². The van der Waals surface area contributed by atoms with Crippen LogP contribution in [0, 0.1) is 5.82 Å². The van der Waals surface area contributed by atoms with Gasteiger partial charge in [-0.1, -0.05) is 6.07 Å². The van der Waals surface area contributed by atoms with Gasteiger partial charge in [0.2, 0.25) is 5.89 Å². The smallest absolute Gasteiger partial charge is 0.315 e. The molecule has 0 unspecified atom stereocenters. The van der Waals surface area contributed by atoms with E-state index >= 15 is 0 Å². The monoisotopic (exact) mass is 340 g/mol. The first kappa shape index (κ1) is 16.6. The Hall–Kier alpha value is -3.22. The molecular formula is C18H17FN4O2. The summed E-state index contributed by atoms with van der Waals surface area (Å²) in [5.74, 6) is 0.117. The number of carbonyl (C=O) groups excluding carboxylic acids is 1. The first-order valence-electron chi connectivity index (χ1n) is 7.82. The number of urea groups is 1. The molecule has 0 saturated carbocycles. The second-order valence-corrected chi connectivity index (χ2v) is 5.33. The Kier molecular flexibility index (Phi) is 5.36. The maximum atomic E-state index is 12.9. The summed E-state index contributed by atoms with van der Waals surface area (Å²) < 4.78 is 18.3. The van der Waals surface area contributed by atoms with Gasteiger partial charge in [-0.15, -0.1) is 0 Å². The molecule has 128 valence electrons. The van der Waals surface area contributed by atoms with Gasteiger partial charge in [-0.2, -0.15) is 0 Å². The summed E-state index contributed by atoms with van der Waals surface area (Å²) in [7, 11) is 0. The van der Waals surface area contributed by atoms with Crippen molar-refractivity contribution in [1.82, 2.24) is 20.6 Å². The molecule has 3 rings (SSSR count). The Balaban J connectivity index is 1.43. The Morgan fingerprint density at radius 2 is 1.92 bits per heavy atom. The lowest BCUT2D eigenvalue weighted by Gasteiger charge is -2.06. The Labute approximate surface area is 144 Å². The molecule has 0 radical (unpaired) electrons. The molecule has 0 bridgehead atoms. The molecule has 0 aliphatic heterocycles. The average Bonchev–Trinajstić information content (AvgIpc) is 3.10. The van der Waals surface area contributed by atoms with E-state index in [1.807, 2.05) is 18.2 Å². The molecule has 2 heterocycles. The van der Waals surface area contributed by atoms with Crippen molar-refractivity contribution < 1.29 is 13.6 Å². The van der Waals surface area contributed by atoms with E-state index in [0.717, 1.165) is 5.69 Å². The van der Waals surface area contributed by atoms with Gasteiger partial charge in [-0.25, -0.2) is 14.2 Å². The molecule has 0 fully saturated rings. The quantitative estimate of drug-likeness (QED) is 0.723. The van der Waals surface area contributed by atoms with Crippen molar-refractivity contribution in [3.8, 4) is 11.5 Å². The van der Waals surface area contributed by atoms with E-state index in [-0.39, 0.29) is 11.8 Å². The Morgan fingerprint density at radius 1 is 1.08 bits per heavy atom. The summed E-state index contributed by atoms with van der Waals surface area (Å²) >= 11 is 0. The van der Waals surface area contributed by atoms with E-state index in [1.165, 1.54) is 18.4 Å². The highest BCUT2D eigenvalue weighted by atomic mass is 19.1. The van der Waals surface area contributed by atoms with Gasteiger partial charge in [-0.05, 0) is 36.4 Å². The van der Waals surface area contributed by atoms with Gasteiger partial charge in [0, 0.05) is 24.7 Å². The zero-order valence-electron chi connectivity index (χ0n) is 13.4. The summed E-state index contributed by atoms with van der Waals surface area (Å²) in [4.78, 5) is 20.2. The minimum Gasteiger partial charge on any atom is -0.444 e. The first-order chi connectivity index (χ1) is 12.2. The van der Waals surface area contributed by atoms with Crippen molar-refractivity contribution in [3.05, 3.63) is 72.1 Å². The number of nitrogens with one attached hydrogen (secondary N) is 2. The molecule has 0 spiro atoms. The van der Waals surface area contributed by atoms with Gasteiger partial charge >= 0.3 is 6.03 Å². The molecule has 25 heavy (non-hydrogen) atoms. The fourth-order valence-corrected chi connectivity index (χ4v) is 2.19. The van der Waals surface area contributed by atoms with Crippen LogP contribution < -0.4 is 10.6 Å².